The zero-order valence-corrected chi connectivity index (χ0v) is 20.2. The van der Waals surface area contributed by atoms with Gasteiger partial charge >= 0.3 is 5.97 Å². The molecule has 0 amide bonds. The van der Waals surface area contributed by atoms with E-state index in [0.29, 0.717) is 5.92 Å². The zero-order chi connectivity index (χ0) is 23.3. The van der Waals surface area contributed by atoms with Crippen molar-refractivity contribution in [2.45, 2.75) is 84.0 Å². The molecule has 1 aromatic heterocycles. The third-order valence-corrected chi connectivity index (χ3v) is 7.63. The fourth-order valence-corrected chi connectivity index (χ4v) is 5.37. The molecule has 0 saturated heterocycles. The molecule has 0 aliphatic heterocycles. The van der Waals surface area contributed by atoms with Crippen molar-refractivity contribution in [2.75, 3.05) is 0 Å². The second-order valence-electron chi connectivity index (χ2n) is 11.0. The SMILES string of the molecule is C/C(=C/C(=O)O)c1ccc(C2C=C(c3cc4c(cc3C)C(C)(C)CCC4(C)C)CC2)nc1. The van der Waals surface area contributed by atoms with E-state index in [1.165, 1.54) is 46.7 Å². The number of carbonyl (C=O) groups is 1. The van der Waals surface area contributed by atoms with Gasteiger partial charge in [0.25, 0.3) is 0 Å². The number of hydrogen-bond donors (Lipinski definition) is 1. The topological polar surface area (TPSA) is 50.2 Å². The number of pyridine rings is 1. The van der Waals surface area contributed by atoms with E-state index in [2.05, 4.69) is 57.8 Å². The highest BCUT2D eigenvalue weighted by atomic mass is 16.4. The largest absolute Gasteiger partial charge is 0.478 e. The lowest BCUT2D eigenvalue weighted by Crippen LogP contribution is -2.34. The predicted molar refractivity (Wildman–Crippen MR) is 132 cm³/mol. The number of aliphatic carboxylic acids is 1. The molecule has 2 aromatic rings. The number of benzene rings is 1. The Balaban J connectivity index is 1.65. The quantitative estimate of drug-likeness (QED) is 0.523. The van der Waals surface area contributed by atoms with Gasteiger partial charge < -0.3 is 5.11 Å². The van der Waals surface area contributed by atoms with Crippen LogP contribution >= 0.6 is 0 Å². The minimum Gasteiger partial charge on any atom is -0.478 e. The Morgan fingerprint density at radius 3 is 2.34 bits per heavy atom. The number of aromatic nitrogens is 1. The van der Waals surface area contributed by atoms with Gasteiger partial charge in [0.15, 0.2) is 0 Å². The average molecular weight is 430 g/mol. The number of fused-ring (bicyclic) bond motifs is 1. The summed E-state index contributed by atoms with van der Waals surface area (Å²) in [7, 11) is 0. The van der Waals surface area contributed by atoms with Crippen LogP contribution in [0.4, 0.5) is 0 Å². The molecule has 1 heterocycles. The van der Waals surface area contributed by atoms with Crippen LogP contribution in [0.25, 0.3) is 11.1 Å². The van der Waals surface area contributed by atoms with Crippen molar-refractivity contribution in [3.8, 4) is 0 Å². The molecule has 1 atom stereocenters. The maximum atomic E-state index is 10.9. The number of allylic oxidation sites excluding steroid dienone is 3. The number of carboxylic acids is 1. The van der Waals surface area contributed by atoms with Gasteiger partial charge in [0.1, 0.15) is 0 Å². The van der Waals surface area contributed by atoms with Gasteiger partial charge in [-0.05, 0) is 95.4 Å². The molecule has 0 spiro atoms. The Bertz CT molecular complexity index is 1120. The first kappa shape index (κ1) is 22.5. The van der Waals surface area contributed by atoms with Gasteiger partial charge in [-0.25, -0.2) is 4.79 Å². The molecule has 4 rings (SSSR count). The summed E-state index contributed by atoms with van der Waals surface area (Å²) in [4.78, 5) is 15.6. The van der Waals surface area contributed by atoms with Crippen LogP contribution < -0.4 is 0 Å². The summed E-state index contributed by atoms with van der Waals surface area (Å²) < 4.78 is 0. The number of rotatable bonds is 4. The van der Waals surface area contributed by atoms with Crippen LogP contribution in [0.3, 0.4) is 0 Å². The van der Waals surface area contributed by atoms with Gasteiger partial charge in [0.05, 0.1) is 0 Å². The number of hydrogen-bond acceptors (Lipinski definition) is 2. The Labute approximate surface area is 192 Å². The van der Waals surface area contributed by atoms with Gasteiger partial charge in [-0.1, -0.05) is 52.0 Å². The average Bonchev–Trinajstić information content (AvgIpc) is 3.21. The number of carboxylic acid groups (broad SMARTS) is 1. The molecule has 1 N–H and O–H groups in total. The molecule has 1 aromatic carbocycles. The minimum atomic E-state index is -0.929. The van der Waals surface area contributed by atoms with Crippen molar-refractivity contribution >= 4 is 17.1 Å². The molecule has 0 fully saturated rings. The molecule has 3 nitrogen and oxygen atoms in total. The third kappa shape index (κ3) is 4.18. The van der Waals surface area contributed by atoms with Crippen molar-refractivity contribution < 1.29 is 9.90 Å². The summed E-state index contributed by atoms with van der Waals surface area (Å²) >= 11 is 0. The second kappa shape index (κ2) is 8.03. The molecule has 32 heavy (non-hydrogen) atoms. The molecule has 0 radical (unpaired) electrons. The van der Waals surface area contributed by atoms with E-state index in [1.807, 2.05) is 12.1 Å². The van der Waals surface area contributed by atoms with Crippen molar-refractivity contribution in [3.05, 3.63) is 76.1 Å². The summed E-state index contributed by atoms with van der Waals surface area (Å²) in [5.41, 5.74) is 10.3. The summed E-state index contributed by atoms with van der Waals surface area (Å²) in [6, 6.07) is 8.96. The van der Waals surface area contributed by atoms with Crippen molar-refractivity contribution in [1.82, 2.24) is 4.98 Å². The third-order valence-electron chi connectivity index (χ3n) is 7.63. The van der Waals surface area contributed by atoms with Crippen LogP contribution in [0.5, 0.6) is 0 Å². The Morgan fingerprint density at radius 2 is 1.75 bits per heavy atom. The standard InChI is InChI=1S/C29H35NO2/c1-18(14-27(31)32)22-9-10-26(30-17-22)21-8-7-20(15-21)23-16-25-24(13-19(23)2)28(3,4)11-12-29(25,5)6/h9-10,13-17,21H,7-8,11-12H2,1-6H3,(H,31,32)/b18-14-. The zero-order valence-electron chi connectivity index (χ0n) is 20.2. The number of nitrogens with zero attached hydrogens (tertiary/aromatic N) is 1. The summed E-state index contributed by atoms with van der Waals surface area (Å²) in [6.45, 7) is 13.6. The Hall–Kier alpha value is -2.68. The van der Waals surface area contributed by atoms with Crippen LogP contribution in [-0.4, -0.2) is 16.1 Å². The summed E-state index contributed by atoms with van der Waals surface area (Å²) in [5, 5.41) is 8.96. The van der Waals surface area contributed by atoms with Crippen molar-refractivity contribution in [3.63, 3.8) is 0 Å². The first-order valence-electron chi connectivity index (χ1n) is 11.7. The monoisotopic (exact) mass is 429 g/mol. The fraction of sp³-hybridized carbons (Fsp3) is 0.448. The fourth-order valence-electron chi connectivity index (χ4n) is 5.37. The lowest BCUT2D eigenvalue weighted by Gasteiger charge is -2.42. The molecular formula is C29H35NO2. The van der Waals surface area contributed by atoms with E-state index >= 15 is 0 Å². The van der Waals surface area contributed by atoms with E-state index in [1.54, 1.807) is 13.1 Å². The van der Waals surface area contributed by atoms with Gasteiger partial charge in [-0.15, -0.1) is 0 Å². The van der Waals surface area contributed by atoms with Gasteiger partial charge in [-0.2, -0.15) is 0 Å². The van der Waals surface area contributed by atoms with Crippen molar-refractivity contribution in [1.29, 1.82) is 0 Å². The van der Waals surface area contributed by atoms with E-state index in [-0.39, 0.29) is 10.8 Å². The molecular weight excluding hydrogens is 394 g/mol. The Morgan fingerprint density at radius 1 is 1.09 bits per heavy atom. The molecule has 168 valence electrons. The van der Waals surface area contributed by atoms with E-state index < -0.39 is 5.97 Å². The number of aryl methyl sites for hydroxylation is 1. The van der Waals surface area contributed by atoms with Crippen LogP contribution in [0.1, 0.15) is 99.7 Å². The molecule has 2 aliphatic rings. The second-order valence-corrected chi connectivity index (χ2v) is 11.0. The smallest absolute Gasteiger partial charge is 0.328 e. The van der Waals surface area contributed by atoms with Crippen LogP contribution in [0.15, 0.2) is 42.6 Å². The van der Waals surface area contributed by atoms with E-state index in [4.69, 9.17) is 5.11 Å². The molecule has 0 saturated carbocycles. The molecule has 2 aliphatic carbocycles. The molecule has 1 unspecified atom stereocenters. The van der Waals surface area contributed by atoms with E-state index in [9.17, 15) is 4.79 Å². The van der Waals surface area contributed by atoms with Gasteiger partial charge in [0.2, 0.25) is 0 Å². The highest BCUT2D eigenvalue weighted by Gasteiger charge is 2.37. The Kier molecular flexibility index (Phi) is 5.65. The first-order chi connectivity index (χ1) is 15.0. The minimum absolute atomic E-state index is 0.213. The normalized spacial score (nSPS) is 21.8. The summed E-state index contributed by atoms with van der Waals surface area (Å²) in [5.74, 6) is -0.621. The lowest BCUT2D eigenvalue weighted by atomic mass is 9.62. The van der Waals surface area contributed by atoms with Crippen LogP contribution in [0, 0.1) is 6.92 Å². The highest BCUT2D eigenvalue weighted by molar-refractivity contribution is 5.89. The van der Waals surface area contributed by atoms with E-state index in [0.717, 1.165) is 29.7 Å². The predicted octanol–water partition coefficient (Wildman–Crippen LogP) is 7.19. The molecule has 3 heteroatoms. The van der Waals surface area contributed by atoms with Gasteiger partial charge in [0, 0.05) is 23.9 Å². The van der Waals surface area contributed by atoms with Gasteiger partial charge in [-0.3, -0.25) is 4.98 Å². The maximum Gasteiger partial charge on any atom is 0.328 e. The van der Waals surface area contributed by atoms with Crippen LogP contribution in [-0.2, 0) is 15.6 Å². The molecule has 0 bridgehead atoms. The van der Waals surface area contributed by atoms with Crippen molar-refractivity contribution in [2.24, 2.45) is 0 Å². The summed E-state index contributed by atoms with van der Waals surface area (Å²) in [6.07, 6.45) is 10.0. The maximum absolute atomic E-state index is 10.9. The lowest BCUT2D eigenvalue weighted by molar-refractivity contribution is -0.131. The first-order valence-corrected chi connectivity index (χ1v) is 11.7. The van der Waals surface area contributed by atoms with Crippen LogP contribution in [0.2, 0.25) is 0 Å². The highest BCUT2D eigenvalue weighted by Crippen LogP contribution is 2.48.